The smallest absolute Gasteiger partial charge is 0.191 e. The van der Waals surface area contributed by atoms with Crippen molar-refractivity contribution in [3.05, 3.63) is 29.1 Å². The zero-order chi connectivity index (χ0) is 17.7. The molecule has 0 amide bonds. The van der Waals surface area contributed by atoms with Gasteiger partial charge in [0, 0.05) is 32.4 Å². The van der Waals surface area contributed by atoms with E-state index in [-0.39, 0.29) is 30.0 Å². The van der Waals surface area contributed by atoms with E-state index in [9.17, 15) is 0 Å². The van der Waals surface area contributed by atoms with E-state index in [4.69, 9.17) is 0 Å². The number of halogens is 1. The molecule has 2 rings (SSSR count). The number of aryl methyl sites for hydroxylation is 3. The summed E-state index contributed by atoms with van der Waals surface area (Å²) in [7, 11) is 3.85. The van der Waals surface area contributed by atoms with Crippen LogP contribution in [-0.2, 0) is 27.1 Å². The molecule has 0 bridgehead atoms. The summed E-state index contributed by atoms with van der Waals surface area (Å²) in [6.45, 7) is 9.67. The van der Waals surface area contributed by atoms with Crippen molar-refractivity contribution in [3.8, 4) is 0 Å². The summed E-state index contributed by atoms with van der Waals surface area (Å²) in [4.78, 5) is 8.80. The molecule has 140 valence electrons. The maximum atomic E-state index is 4.60. The molecule has 0 aromatic carbocycles. The zero-order valence-electron chi connectivity index (χ0n) is 15.9. The number of aromatic nitrogens is 5. The van der Waals surface area contributed by atoms with Crippen molar-refractivity contribution in [3.63, 3.8) is 0 Å². The fraction of sp³-hybridized carbons (Fsp3) is 0.625. The topological polar surface area (TPSA) is 84.9 Å². The van der Waals surface area contributed by atoms with Crippen molar-refractivity contribution in [2.24, 2.45) is 19.1 Å². The maximum absolute atomic E-state index is 4.60. The molecule has 2 N–H and O–H groups in total. The lowest BCUT2D eigenvalue weighted by Crippen LogP contribution is -2.43. The van der Waals surface area contributed by atoms with Gasteiger partial charge in [-0.05, 0) is 39.7 Å². The molecule has 1 atom stereocenters. The van der Waals surface area contributed by atoms with Gasteiger partial charge in [-0.25, -0.2) is 9.98 Å². The van der Waals surface area contributed by atoms with Crippen molar-refractivity contribution < 1.29 is 0 Å². The SMILES string of the molecule is CCNC(=NCc1ncnn1C)NC(C)Cc1c(C)nn(C)c1C.I. The van der Waals surface area contributed by atoms with E-state index >= 15 is 0 Å². The van der Waals surface area contributed by atoms with E-state index in [0.29, 0.717) is 6.54 Å². The summed E-state index contributed by atoms with van der Waals surface area (Å²) in [6, 6.07) is 0.240. The van der Waals surface area contributed by atoms with E-state index in [1.807, 2.05) is 18.8 Å². The maximum Gasteiger partial charge on any atom is 0.191 e. The Hall–Kier alpha value is -1.65. The van der Waals surface area contributed by atoms with Crippen LogP contribution in [0.2, 0.25) is 0 Å². The van der Waals surface area contributed by atoms with E-state index in [1.54, 1.807) is 11.0 Å². The van der Waals surface area contributed by atoms with Crippen LogP contribution in [0.25, 0.3) is 0 Å². The molecule has 0 aliphatic carbocycles. The Balaban J connectivity index is 0.00000312. The predicted molar refractivity (Wildman–Crippen MR) is 110 cm³/mol. The lowest BCUT2D eigenvalue weighted by Gasteiger charge is -2.18. The quantitative estimate of drug-likeness (QED) is 0.388. The summed E-state index contributed by atoms with van der Waals surface area (Å²) in [5.41, 5.74) is 3.59. The minimum absolute atomic E-state index is 0. The average molecular weight is 460 g/mol. The van der Waals surface area contributed by atoms with E-state index in [2.05, 4.69) is 58.5 Å². The highest BCUT2D eigenvalue weighted by molar-refractivity contribution is 14.0. The highest BCUT2D eigenvalue weighted by Crippen LogP contribution is 2.14. The molecule has 0 radical (unpaired) electrons. The fourth-order valence-electron chi connectivity index (χ4n) is 2.64. The molecule has 0 fully saturated rings. The number of hydrogen-bond acceptors (Lipinski definition) is 4. The fourth-order valence-corrected chi connectivity index (χ4v) is 2.64. The van der Waals surface area contributed by atoms with Gasteiger partial charge in [0.15, 0.2) is 5.96 Å². The van der Waals surface area contributed by atoms with Crippen LogP contribution < -0.4 is 10.6 Å². The first-order chi connectivity index (χ1) is 11.4. The molecule has 2 heterocycles. The van der Waals surface area contributed by atoms with E-state index < -0.39 is 0 Å². The molecule has 9 heteroatoms. The number of hydrogen-bond donors (Lipinski definition) is 2. The van der Waals surface area contributed by atoms with Gasteiger partial charge >= 0.3 is 0 Å². The molecule has 1 unspecified atom stereocenters. The number of nitrogens with one attached hydrogen (secondary N) is 2. The third-order valence-corrected chi connectivity index (χ3v) is 4.08. The van der Waals surface area contributed by atoms with Gasteiger partial charge in [0.05, 0.1) is 5.69 Å². The molecule has 0 aliphatic heterocycles. The van der Waals surface area contributed by atoms with Crippen LogP contribution in [0, 0.1) is 13.8 Å². The predicted octanol–water partition coefficient (Wildman–Crippen LogP) is 1.47. The molecule has 2 aromatic heterocycles. The van der Waals surface area contributed by atoms with Gasteiger partial charge in [-0.1, -0.05) is 0 Å². The lowest BCUT2D eigenvalue weighted by atomic mass is 10.1. The van der Waals surface area contributed by atoms with Crippen LogP contribution in [-0.4, -0.2) is 43.1 Å². The Labute approximate surface area is 166 Å². The second-order valence-electron chi connectivity index (χ2n) is 6.02. The number of nitrogens with zero attached hydrogens (tertiary/aromatic N) is 6. The Kier molecular flexibility index (Phi) is 8.33. The summed E-state index contributed by atoms with van der Waals surface area (Å²) in [5, 5.41) is 15.3. The zero-order valence-corrected chi connectivity index (χ0v) is 18.2. The van der Waals surface area contributed by atoms with Crippen LogP contribution >= 0.6 is 24.0 Å². The van der Waals surface area contributed by atoms with Gasteiger partial charge < -0.3 is 10.6 Å². The summed E-state index contributed by atoms with van der Waals surface area (Å²) in [5.74, 6) is 1.62. The normalized spacial score (nSPS) is 12.6. The summed E-state index contributed by atoms with van der Waals surface area (Å²) in [6.07, 6.45) is 2.45. The number of aliphatic imine (C=N–C) groups is 1. The van der Waals surface area contributed by atoms with E-state index in [1.165, 1.54) is 11.3 Å². The largest absolute Gasteiger partial charge is 0.357 e. The molecule has 8 nitrogen and oxygen atoms in total. The molecule has 0 saturated carbocycles. The molecule has 25 heavy (non-hydrogen) atoms. The van der Waals surface area contributed by atoms with Gasteiger partial charge in [-0.15, -0.1) is 24.0 Å². The Bertz CT molecular complexity index is 703. The first kappa shape index (κ1) is 21.4. The van der Waals surface area contributed by atoms with Crippen LogP contribution in [0.5, 0.6) is 0 Å². The first-order valence-electron chi connectivity index (χ1n) is 8.29. The minimum atomic E-state index is 0. The Morgan fingerprint density at radius 1 is 1.28 bits per heavy atom. The summed E-state index contributed by atoms with van der Waals surface area (Å²) < 4.78 is 3.67. The monoisotopic (exact) mass is 460 g/mol. The van der Waals surface area contributed by atoms with Crippen molar-refractivity contribution in [2.75, 3.05) is 6.54 Å². The van der Waals surface area contributed by atoms with Gasteiger partial charge in [0.2, 0.25) is 0 Å². The standard InChI is InChI=1S/C16H28N8.HI/c1-7-17-16(18-9-15-19-10-20-24(15)6)21-11(2)8-14-12(3)22-23(5)13(14)4;/h10-11H,7-9H2,1-6H3,(H2,17,18,21);1H. The molecule has 2 aromatic rings. The Morgan fingerprint density at radius 3 is 2.52 bits per heavy atom. The Morgan fingerprint density at radius 2 is 2.00 bits per heavy atom. The van der Waals surface area contributed by atoms with Crippen molar-refractivity contribution in [1.29, 1.82) is 0 Å². The van der Waals surface area contributed by atoms with Crippen LogP contribution in [0.3, 0.4) is 0 Å². The van der Waals surface area contributed by atoms with E-state index in [0.717, 1.165) is 30.4 Å². The van der Waals surface area contributed by atoms with Gasteiger partial charge in [-0.3, -0.25) is 9.36 Å². The molecular weight excluding hydrogens is 431 g/mol. The first-order valence-corrected chi connectivity index (χ1v) is 8.29. The molecule has 0 spiro atoms. The third-order valence-electron chi connectivity index (χ3n) is 4.08. The van der Waals surface area contributed by atoms with Gasteiger partial charge in [0.1, 0.15) is 18.7 Å². The minimum Gasteiger partial charge on any atom is -0.357 e. The lowest BCUT2D eigenvalue weighted by molar-refractivity contribution is 0.632. The second kappa shape index (κ2) is 9.73. The van der Waals surface area contributed by atoms with Crippen molar-refractivity contribution >= 4 is 29.9 Å². The molecule has 0 aliphatic rings. The average Bonchev–Trinajstić information content (AvgIpc) is 3.03. The number of rotatable bonds is 6. The van der Waals surface area contributed by atoms with Crippen molar-refractivity contribution in [2.45, 2.75) is 46.7 Å². The number of guanidine groups is 1. The molecule has 0 saturated heterocycles. The second-order valence-corrected chi connectivity index (χ2v) is 6.02. The summed E-state index contributed by atoms with van der Waals surface area (Å²) >= 11 is 0. The highest BCUT2D eigenvalue weighted by atomic mass is 127. The third kappa shape index (κ3) is 5.68. The van der Waals surface area contributed by atoms with Crippen LogP contribution in [0.4, 0.5) is 0 Å². The highest BCUT2D eigenvalue weighted by Gasteiger charge is 2.14. The van der Waals surface area contributed by atoms with Crippen molar-refractivity contribution in [1.82, 2.24) is 35.2 Å². The van der Waals surface area contributed by atoms with Gasteiger partial charge in [0.25, 0.3) is 0 Å². The van der Waals surface area contributed by atoms with Crippen LogP contribution in [0.1, 0.15) is 36.6 Å². The van der Waals surface area contributed by atoms with Gasteiger partial charge in [-0.2, -0.15) is 10.2 Å². The van der Waals surface area contributed by atoms with Crippen LogP contribution in [0.15, 0.2) is 11.3 Å². The molecular formula is C16H29IN8.